The van der Waals surface area contributed by atoms with Gasteiger partial charge in [-0.05, 0) is 47.9 Å². The van der Waals surface area contributed by atoms with Crippen molar-refractivity contribution < 1.29 is 5.11 Å². The molecule has 0 amide bonds. The highest BCUT2D eigenvalue weighted by molar-refractivity contribution is 9.10. The molecule has 1 aromatic heterocycles. The molecule has 17 heavy (non-hydrogen) atoms. The second-order valence-corrected chi connectivity index (χ2v) is 6.58. The van der Waals surface area contributed by atoms with Gasteiger partial charge in [0.1, 0.15) is 0 Å². The topological polar surface area (TPSA) is 26.7 Å². The summed E-state index contributed by atoms with van der Waals surface area (Å²) in [5, 5.41) is 12.3. The van der Waals surface area contributed by atoms with Gasteiger partial charge in [0, 0.05) is 35.0 Å². The van der Waals surface area contributed by atoms with Crippen LogP contribution in [0, 0.1) is 0 Å². The summed E-state index contributed by atoms with van der Waals surface area (Å²) in [5.41, 5.74) is 0. The summed E-state index contributed by atoms with van der Waals surface area (Å²) in [6.45, 7) is 3.24. The molecule has 2 atom stereocenters. The van der Waals surface area contributed by atoms with Gasteiger partial charge < -0.3 is 14.9 Å². The van der Waals surface area contributed by atoms with Crippen molar-refractivity contribution in [2.45, 2.75) is 18.6 Å². The quantitative estimate of drug-likeness (QED) is 0.925. The van der Waals surface area contributed by atoms with Crippen LogP contribution in [-0.4, -0.2) is 54.7 Å². The first-order valence-corrected chi connectivity index (χ1v) is 7.55. The summed E-state index contributed by atoms with van der Waals surface area (Å²) in [5.74, 6) is 0. The summed E-state index contributed by atoms with van der Waals surface area (Å²) >= 11 is 5.10. The molecule has 1 fully saturated rings. The molecule has 2 unspecified atom stereocenters. The van der Waals surface area contributed by atoms with Gasteiger partial charge in [0.2, 0.25) is 0 Å². The summed E-state index contributed by atoms with van der Waals surface area (Å²) in [7, 11) is 4.29. The second kappa shape index (κ2) is 5.80. The first-order valence-electron chi connectivity index (χ1n) is 5.87. The number of piperazine rings is 1. The summed E-state index contributed by atoms with van der Waals surface area (Å²) < 4.78 is 1.03. The van der Waals surface area contributed by atoms with Crippen LogP contribution in [0.4, 0.5) is 0 Å². The van der Waals surface area contributed by atoms with Crippen LogP contribution in [0.5, 0.6) is 0 Å². The van der Waals surface area contributed by atoms with Crippen LogP contribution in [-0.2, 0) is 0 Å². The molecule has 0 aromatic carbocycles. The molecule has 0 aliphatic carbocycles. The maximum absolute atomic E-state index is 10.3. The van der Waals surface area contributed by atoms with Gasteiger partial charge in [-0.3, -0.25) is 0 Å². The van der Waals surface area contributed by atoms with E-state index in [0.29, 0.717) is 6.04 Å². The molecule has 3 nitrogen and oxygen atoms in total. The molecule has 0 spiro atoms. The van der Waals surface area contributed by atoms with E-state index in [-0.39, 0.29) is 6.10 Å². The number of halogens is 1. The fourth-order valence-corrected chi connectivity index (χ4v) is 3.90. The smallest absolute Gasteiger partial charge is 0.0908 e. The Morgan fingerprint density at radius 2 is 2.29 bits per heavy atom. The van der Waals surface area contributed by atoms with Gasteiger partial charge in [-0.2, -0.15) is 0 Å². The molecule has 1 aliphatic heterocycles. The van der Waals surface area contributed by atoms with Crippen LogP contribution in [0.15, 0.2) is 15.9 Å². The maximum atomic E-state index is 10.3. The molecule has 1 N–H and O–H groups in total. The number of rotatable bonds is 3. The van der Waals surface area contributed by atoms with Gasteiger partial charge in [0.15, 0.2) is 0 Å². The Labute approximate surface area is 115 Å². The Balaban J connectivity index is 1.98. The number of aliphatic hydroxyl groups is 1. The average Bonchev–Trinajstić information content (AvgIpc) is 2.70. The SMILES string of the molecule is CN1CCN(C)C(CC(O)c2sccc2Br)C1. The summed E-state index contributed by atoms with van der Waals surface area (Å²) in [6, 6.07) is 2.44. The highest BCUT2D eigenvalue weighted by Crippen LogP contribution is 2.32. The predicted molar refractivity (Wildman–Crippen MR) is 75.5 cm³/mol. The van der Waals surface area contributed by atoms with Crippen molar-refractivity contribution in [2.24, 2.45) is 0 Å². The average molecular weight is 319 g/mol. The Bertz CT molecular complexity index is 371. The fourth-order valence-electron chi connectivity index (χ4n) is 2.26. The number of hydrogen-bond acceptors (Lipinski definition) is 4. The first-order chi connectivity index (χ1) is 8.08. The highest BCUT2D eigenvalue weighted by Gasteiger charge is 2.26. The largest absolute Gasteiger partial charge is 0.387 e. The molecular weight excluding hydrogens is 300 g/mol. The number of thiophene rings is 1. The number of hydrogen-bond donors (Lipinski definition) is 1. The normalized spacial score (nSPS) is 25.1. The van der Waals surface area contributed by atoms with Crippen LogP contribution in [0.2, 0.25) is 0 Å². The van der Waals surface area contributed by atoms with E-state index in [1.165, 1.54) is 0 Å². The second-order valence-electron chi connectivity index (χ2n) is 4.78. The minimum absolute atomic E-state index is 0.358. The van der Waals surface area contributed by atoms with Gasteiger partial charge in [-0.15, -0.1) is 11.3 Å². The zero-order chi connectivity index (χ0) is 12.4. The molecule has 0 saturated carbocycles. The lowest BCUT2D eigenvalue weighted by atomic mass is 10.0. The minimum atomic E-state index is -0.358. The van der Waals surface area contributed by atoms with Gasteiger partial charge in [-0.1, -0.05) is 0 Å². The van der Waals surface area contributed by atoms with E-state index in [2.05, 4.69) is 39.8 Å². The number of nitrogens with zero attached hydrogens (tertiary/aromatic N) is 2. The zero-order valence-electron chi connectivity index (χ0n) is 10.3. The van der Waals surface area contributed by atoms with Gasteiger partial charge in [-0.25, -0.2) is 0 Å². The maximum Gasteiger partial charge on any atom is 0.0908 e. The molecule has 2 heterocycles. The molecule has 0 radical (unpaired) electrons. The Kier molecular flexibility index (Phi) is 4.60. The van der Waals surface area contributed by atoms with Crippen LogP contribution in [0.1, 0.15) is 17.4 Å². The van der Waals surface area contributed by atoms with Crippen molar-refractivity contribution in [1.29, 1.82) is 0 Å². The fraction of sp³-hybridized carbons (Fsp3) is 0.667. The third-order valence-corrected chi connectivity index (χ3v) is 5.39. The molecule has 0 bridgehead atoms. The van der Waals surface area contributed by atoms with Crippen molar-refractivity contribution in [2.75, 3.05) is 33.7 Å². The van der Waals surface area contributed by atoms with Gasteiger partial charge in [0.05, 0.1) is 6.10 Å². The standard InChI is InChI=1S/C12H19BrN2OS/c1-14-4-5-15(2)9(8-14)7-11(16)12-10(13)3-6-17-12/h3,6,9,11,16H,4-5,7-8H2,1-2H3. The number of aliphatic hydroxyl groups excluding tert-OH is 1. The molecule has 5 heteroatoms. The minimum Gasteiger partial charge on any atom is -0.387 e. The van der Waals surface area contributed by atoms with Crippen LogP contribution in [0.25, 0.3) is 0 Å². The van der Waals surface area contributed by atoms with E-state index in [9.17, 15) is 5.11 Å². The molecule has 96 valence electrons. The van der Waals surface area contributed by atoms with E-state index in [1.807, 2.05) is 11.4 Å². The Morgan fingerprint density at radius 3 is 2.94 bits per heavy atom. The van der Waals surface area contributed by atoms with Gasteiger partial charge in [0.25, 0.3) is 0 Å². The van der Waals surface area contributed by atoms with E-state index >= 15 is 0 Å². The number of likely N-dealkylation sites (N-methyl/N-ethyl adjacent to an activating group) is 2. The van der Waals surface area contributed by atoms with E-state index < -0.39 is 0 Å². The van der Waals surface area contributed by atoms with Gasteiger partial charge >= 0.3 is 0 Å². The van der Waals surface area contributed by atoms with Crippen molar-refractivity contribution >= 4 is 27.3 Å². The third kappa shape index (κ3) is 3.29. The van der Waals surface area contributed by atoms with Crippen LogP contribution < -0.4 is 0 Å². The van der Waals surface area contributed by atoms with Crippen LogP contribution >= 0.6 is 27.3 Å². The summed E-state index contributed by atoms with van der Waals surface area (Å²) in [6.07, 6.45) is 0.447. The predicted octanol–water partition coefficient (Wildman–Crippen LogP) is 2.18. The van der Waals surface area contributed by atoms with Crippen molar-refractivity contribution in [1.82, 2.24) is 9.80 Å². The van der Waals surface area contributed by atoms with Crippen LogP contribution in [0.3, 0.4) is 0 Å². The highest BCUT2D eigenvalue weighted by atomic mass is 79.9. The third-order valence-electron chi connectivity index (χ3n) is 3.42. The first kappa shape index (κ1) is 13.5. The lowest BCUT2D eigenvalue weighted by Gasteiger charge is -2.38. The molecule has 1 aromatic rings. The van der Waals surface area contributed by atoms with Crippen molar-refractivity contribution in [3.63, 3.8) is 0 Å². The summed E-state index contributed by atoms with van der Waals surface area (Å²) in [4.78, 5) is 5.73. The Hall–Kier alpha value is 0.0600. The lowest BCUT2D eigenvalue weighted by molar-refractivity contribution is 0.0645. The zero-order valence-corrected chi connectivity index (χ0v) is 12.7. The van der Waals surface area contributed by atoms with Crippen molar-refractivity contribution in [3.05, 3.63) is 20.8 Å². The Morgan fingerprint density at radius 1 is 1.53 bits per heavy atom. The van der Waals surface area contributed by atoms with E-state index in [0.717, 1.165) is 35.4 Å². The monoisotopic (exact) mass is 318 g/mol. The lowest BCUT2D eigenvalue weighted by Crippen LogP contribution is -2.50. The van der Waals surface area contributed by atoms with E-state index in [4.69, 9.17) is 0 Å². The molecule has 1 saturated heterocycles. The molecule has 1 aliphatic rings. The molecular formula is C12H19BrN2OS. The van der Waals surface area contributed by atoms with Crippen molar-refractivity contribution in [3.8, 4) is 0 Å². The van der Waals surface area contributed by atoms with E-state index in [1.54, 1.807) is 11.3 Å². The molecule has 2 rings (SSSR count).